The number of esters is 2. The Bertz CT molecular complexity index is 1260. The van der Waals surface area contributed by atoms with Crippen LogP contribution in [0.5, 0.6) is 0 Å². The number of hydrogen-bond donors (Lipinski definition) is 2. The maximum atomic E-state index is 12.5. The van der Waals surface area contributed by atoms with Crippen molar-refractivity contribution in [3.63, 3.8) is 0 Å². The normalized spacial score (nSPS) is 12.6. The summed E-state index contributed by atoms with van der Waals surface area (Å²) in [4.78, 5) is 49.7. The first kappa shape index (κ1) is 24.2. The van der Waals surface area contributed by atoms with E-state index in [4.69, 9.17) is 13.9 Å². The highest BCUT2D eigenvalue weighted by atomic mass is 32.1. The molecule has 9 nitrogen and oxygen atoms in total. The lowest BCUT2D eigenvalue weighted by molar-refractivity contribution is -0.119. The molecule has 2 heterocycles. The van der Waals surface area contributed by atoms with Gasteiger partial charge in [0.25, 0.3) is 11.8 Å². The zero-order valence-electron chi connectivity index (χ0n) is 19.2. The number of ether oxygens (including phenoxy) is 2. The Labute approximate surface area is 205 Å². The van der Waals surface area contributed by atoms with Gasteiger partial charge in [-0.25, -0.2) is 9.59 Å². The van der Waals surface area contributed by atoms with Crippen molar-refractivity contribution in [2.24, 2.45) is 0 Å². The minimum Gasteiger partial charge on any atom is -0.462 e. The molecule has 0 saturated heterocycles. The number of carbonyl (C=O) groups excluding carboxylic acids is 4. The minimum atomic E-state index is -0.732. The van der Waals surface area contributed by atoms with Crippen molar-refractivity contribution in [3.05, 3.63) is 70.0 Å². The molecule has 1 saturated carbocycles. The summed E-state index contributed by atoms with van der Waals surface area (Å²) in [5, 5.41) is 7.58. The molecule has 0 aliphatic heterocycles. The van der Waals surface area contributed by atoms with Gasteiger partial charge in [0, 0.05) is 5.69 Å². The third-order valence-corrected chi connectivity index (χ3v) is 6.28. The number of anilines is 2. The van der Waals surface area contributed by atoms with Crippen LogP contribution in [0.25, 0.3) is 0 Å². The van der Waals surface area contributed by atoms with Gasteiger partial charge in [-0.3, -0.25) is 9.59 Å². The number of aryl methyl sites for hydroxylation is 1. The number of amides is 2. The number of furan rings is 1. The molecule has 1 aliphatic carbocycles. The largest absolute Gasteiger partial charge is 0.462 e. The van der Waals surface area contributed by atoms with Crippen molar-refractivity contribution in [1.29, 1.82) is 0 Å². The summed E-state index contributed by atoms with van der Waals surface area (Å²) in [5.41, 5.74) is 2.56. The van der Waals surface area contributed by atoms with Crippen molar-refractivity contribution in [2.75, 3.05) is 23.8 Å². The molecule has 0 bridgehead atoms. The van der Waals surface area contributed by atoms with Crippen LogP contribution in [0.15, 0.2) is 46.4 Å². The maximum absolute atomic E-state index is 12.5. The molecule has 0 spiro atoms. The van der Waals surface area contributed by atoms with Crippen molar-refractivity contribution in [2.45, 2.75) is 32.6 Å². The van der Waals surface area contributed by atoms with Crippen molar-refractivity contribution < 1.29 is 33.1 Å². The SMILES string of the molecule is CCOC(=O)c1c(C2CC2)csc1NC(=O)COC(=O)c1ccc(C)c(NC(=O)c2ccco2)c1. The highest BCUT2D eigenvalue weighted by Crippen LogP contribution is 2.46. The Kier molecular flexibility index (Phi) is 7.31. The van der Waals surface area contributed by atoms with E-state index in [1.165, 1.54) is 35.8 Å². The Morgan fingerprint density at radius 3 is 2.57 bits per heavy atom. The molecule has 2 amide bonds. The second-order valence-electron chi connectivity index (χ2n) is 7.98. The molecule has 182 valence electrons. The highest BCUT2D eigenvalue weighted by Gasteiger charge is 2.32. The summed E-state index contributed by atoms with van der Waals surface area (Å²) in [5.74, 6) is -1.81. The molecule has 0 atom stereocenters. The van der Waals surface area contributed by atoms with E-state index in [0.29, 0.717) is 22.2 Å². The van der Waals surface area contributed by atoms with Gasteiger partial charge in [0.05, 0.1) is 24.0 Å². The Morgan fingerprint density at radius 1 is 1.09 bits per heavy atom. The fourth-order valence-electron chi connectivity index (χ4n) is 3.42. The van der Waals surface area contributed by atoms with Gasteiger partial charge in [0.2, 0.25) is 0 Å². The van der Waals surface area contributed by atoms with Crippen molar-refractivity contribution in [1.82, 2.24) is 0 Å². The van der Waals surface area contributed by atoms with Gasteiger partial charge in [0.1, 0.15) is 5.00 Å². The smallest absolute Gasteiger partial charge is 0.341 e. The molecule has 0 unspecified atom stereocenters. The second-order valence-corrected chi connectivity index (χ2v) is 8.85. The molecule has 3 aromatic rings. The summed E-state index contributed by atoms with van der Waals surface area (Å²) >= 11 is 1.24. The predicted octanol–water partition coefficient (Wildman–Crippen LogP) is 4.75. The predicted molar refractivity (Wildman–Crippen MR) is 129 cm³/mol. The molecule has 4 rings (SSSR count). The van der Waals surface area contributed by atoms with E-state index < -0.39 is 30.4 Å². The first-order valence-electron chi connectivity index (χ1n) is 11.1. The van der Waals surface area contributed by atoms with E-state index in [1.54, 1.807) is 26.0 Å². The van der Waals surface area contributed by atoms with Gasteiger partial charge < -0.3 is 24.5 Å². The van der Waals surface area contributed by atoms with Gasteiger partial charge in [-0.05, 0) is 73.4 Å². The molecular formula is C25H24N2O7S. The topological polar surface area (TPSA) is 124 Å². The summed E-state index contributed by atoms with van der Waals surface area (Å²) in [6.45, 7) is 3.18. The average Bonchev–Trinajstić information content (AvgIpc) is 3.36. The fraction of sp³-hybridized carbons (Fsp3) is 0.280. The standard InChI is InChI=1S/C25H24N2O7S/c1-3-32-25(31)21-17(15-8-9-15)13-35-23(21)27-20(28)12-34-24(30)16-7-6-14(2)18(11-16)26-22(29)19-5-4-10-33-19/h4-7,10-11,13,15H,3,8-9,12H2,1-2H3,(H,26,29)(H,27,28). The number of benzene rings is 1. The average molecular weight is 497 g/mol. The molecule has 2 aromatic heterocycles. The summed E-state index contributed by atoms with van der Waals surface area (Å²) < 4.78 is 15.4. The zero-order valence-corrected chi connectivity index (χ0v) is 20.0. The molecule has 2 N–H and O–H groups in total. The number of rotatable bonds is 9. The summed E-state index contributed by atoms with van der Waals surface area (Å²) in [6, 6.07) is 7.79. The van der Waals surface area contributed by atoms with Crippen LogP contribution in [0.4, 0.5) is 10.7 Å². The lowest BCUT2D eigenvalue weighted by Gasteiger charge is -2.11. The van der Waals surface area contributed by atoms with Crippen LogP contribution < -0.4 is 10.6 Å². The molecule has 1 aromatic carbocycles. The van der Waals surface area contributed by atoms with Crippen LogP contribution in [0.3, 0.4) is 0 Å². The Hall–Kier alpha value is -3.92. The van der Waals surface area contributed by atoms with E-state index in [2.05, 4.69) is 10.6 Å². The van der Waals surface area contributed by atoms with E-state index in [9.17, 15) is 19.2 Å². The van der Waals surface area contributed by atoms with Crippen molar-refractivity contribution in [3.8, 4) is 0 Å². The lowest BCUT2D eigenvalue weighted by Crippen LogP contribution is -2.22. The maximum Gasteiger partial charge on any atom is 0.341 e. The fourth-order valence-corrected chi connectivity index (χ4v) is 4.47. The molecule has 35 heavy (non-hydrogen) atoms. The van der Waals surface area contributed by atoms with Crippen LogP contribution in [0, 0.1) is 6.92 Å². The molecular weight excluding hydrogens is 472 g/mol. The number of thiophene rings is 1. The molecule has 0 radical (unpaired) electrons. The Morgan fingerprint density at radius 2 is 1.89 bits per heavy atom. The van der Waals surface area contributed by atoms with Crippen LogP contribution in [0.2, 0.25) is 0 Å². The third kappa shape index (κ3) is 5.78. The summed E-state index contributed by atoms with van der Waals surface area (Å²) in [6.07, 6.45) is 3.38. The van der Waals surface area contributed by atoms with Gasteiger partial charge in [-0.15, -0.1) is 11.3 Å². The van der Waals surface area contributed by atoms with E-state index in [-0.39, 0.29) is 17.9 Å². The van der Waals surface area contributed by atoms with Crippen LogP contribution in [-0.4, -0.2) is 37.0 Å². The zero-order chi connectivity index (χ0) is 24.9. The first-order chi connectivity index (χ1) is 16.9. The van der Waals surface area contributed by atoms with Crippen LogP contribution >= 0.6 is 11.3 Å². The van der Waals surface area contributed by atoms with Gasteiger partial charge in [0.15, 0.2) is 12.4 Å². The third-order valence-electron chi connectivity index (χ3n) is 5.37. The van der Waals surface area contributed by atoms with E-state index in [0.717, 1.165) is 24.0 Å². The van der Waals surface area contributed by atoms with E-state index >= 15 is 0 Å². The van der Waals surface area contributed by atoms with Crippen LogP contribution in [0.1, 0.15) is 68.1 Å². The Balaban J connectivity index is 1.38. The monoisotopic (exact) mass is 496 g/mol. The number of carbonyl (C=O) groups is 4. The minimum absolute atomic E-state index is 0.134. The first-order valence-corrected chi connectivity index (χ1v) is 12.0. The summed E-state index contributed by atoms with van der Waals surface area (Å²) in [7, 11) is 0. The van der Waals surface area contributed by atoms with Gasteiger partial charge in [-0.1, -0.05) is 6.07 Å². The molecule has 1 aliphatic rings. The van der Waals surface area contributed by atoms with E-state index in [1.807, 2.05) is 5.38 Å². The van der Waals surface area contributed by atoms with Gasteiger partial charge in [-0.2, -0.15) is 0 Å². The number of nitrogens with one attached hydrogen (secondary N) is 2. The quantitative estimate of drug-likeness (QED) is 0.410. The second kappa shape index (κ2) is 10.6. The molecule has 1 fully saturated rings. The lowest BCUT2D eigenvalue weighted by atomic mass is 10.1. The van der Waals surface area contributed by atoms with Crippen molar-refractivity contribution >= 4 is 45.8 Å². The number of hydrogen-bond acceptors (Lipinski definition) is 8. The highest BCUT2D eigenvalue weighted by molar-refractivity contribution is 7.15. The molecule has 10 heteroatoms. The van der Waals surface area contributed by atoms with Crippen LogP contribution in [-0.2, 0) is 14.3 Å². The van der Waals surface area contributed by atoms with Gasteiger partial charge >= 0.3 is 11.9 Å².